The lowest BCUT2D eigenvalue weighted by atomic mass is 10.1. The summed E-state index contributed by atoms with van der Waals surface area (Å²) >= 11 is 9.37. The molecular weight excluding hydrogens is 334 g/mol. The van der Waals surface area contributed by atoms with Crippen molar-refractivity contribution in [3.63, 3.8) is 0 Å². The predicted molar refractivity (Wildman–Crippen MR) is 75.9 cm³/mol. The molecule has 1 aromatic carbocycles. The van der Waals surface area contributed by atoms with Crippen molar-refractivity contribution in [1.82, 2.24) is 10.1 Å². The van der Waals surface area contributed by atoms with Gasteiger partial charge in [0, 0.05) is 16.6 Å². The second-order valence-electron chi connectivity index (χ2n) is 4.40. The fourth-order valence-corrected chi connectivity index (χ4v) is 2.18. The smallest absolute Gasteiger partial charge is 0.259 e. The Morgan fingerprint density at radius 1 is 1.53 bits per heavy atom. The molecule has 102 valence electrons. The first-order valence-electron chi connectivity index (χ1n) is 5.51. The molecule has 5 nitrogen and oxygen atoms in total. The van der Waals surface area contributed by atoms with E-state index in [4.69, 9.17) is 26.6 Å². The summed E-state index contributed by atoms with van der Waals surface area (Å²) in [6, 6.07) is 5.33. The molecule has 1 heterocycles. The van der Waals surface area contributed by atoms with Crippen LogP contribution in [-0.2, 0) is 10.3 Å². The highest BCUT2D eigenvalue weighted by molar-refractivity contribution is 9.10. The van der Waals surface area contributed by atoms with Gasteiger partial charge in [0.05, 0.1) is 12.2 Å². The molecule has 0 bridgehead atoms. The monoisotopic (exact) mass is 345 g/mol. The van der Waals surface area contributed by atoms with Crippen LogP contribution in [0.3, 0.4) is 0 Å². The molecule has 0 saturated carbocycles. The van der Waals surface area contributed by atoms with E-state index in [1.54, 1.807) is 26.2 Å². The zero-order valence-corrected chi connectivity index (χ0v) is 12.8. The lowest BCUT2D eigenvalue weighted by Crippen LogP contribution is -2.38. The second kappa shape index (κ2) is 5.58. The molecule has 7 heteroatoms. The third-order valence-corrected chi connectivity index (χ3v) is 3.47. The summed E-state index contributed by atoms with van der Waals surface area (Å²) in [5.74, 6) is 0.744. The van der Waals surface area contributed by atoms with Crippen molar-refractivity contribution < 1.29 is 9.26 Å². The van der Waals surface area contributed by atoms with Crippen LogP contribution in [0.15, 0.2) is 27.2 Å². The summed E-state index contributed by atoms with van der Waals surface area (Å²) < 4.78 is 11.1. The SMILES string of the molecule is COCC(C)(N)c1noc(-c2cc(Cl)ccc2Br)n1. The summed E-state index contributed by atoms with van der Waals surface area (Å²) in [6.45, 7) is 2.07. The first kappa shape index (κ1) is 14.5. The number of benzene rings is 1. The van der Waals surface area contributed by atoms with Crippen LogP contribution in [0, 0.1) is 0 Å². The van der Waals surface area contributed by atoms with Crippen LogP contribution in [-0.4, -0.2) is 23.9 Å². The molecule has 2 N–H and O–H groups in total. The maximum atomic E-state index is 6.06. The topological polar surface area (TPSA) is 74.2 Å². The number of nitrogens with two attached hydrogens (primary N) is 1. The van der Waals surface area contributed by atoms with Gasteiger partial charge in [-0.15, -0.1) is 0 Å². The van der Waals surface area contributed by atoms with E-state index in [9.17, 15) is 0 Å². The minimum absolute atomic E-state index is 0.294. The predicted octanol–water partition coefficient (Wildman–Crippen LogP) is 2.97. The van der Waals surface area contributed by atoms with Crippen LogP contribution < -0.4 is 5.73 Å². The van der Waals surface area contributed by atoms with Gasteiger partial charge in [-0.25, -0.2) is 0 Å². The molecule has 1 aromatic heterocycles. The number of hydrogen-bond acceptors (Lipinski definition) is 5. The van der Waals surface area contributed by atoms with Crippen molar-refractivity contribution in [3.8, 4) is 11.5 Å². The van der Waals surface area contributed by atoms with E-state index in [0.29, 0.717) is 23.3 Å². The van der Waals surface area contributed by atoms with Crippen LogP contribution in [0.25, 0.3) is 11.5 Å². The van der Waals surface area contributed by atoms with E-state index < -0.39 is 5.54 Å². The fraction of sp³-hybridized carbons (Fsp3) is 0.333. The number of halogens is 2. The Morgan fingerprint density at radius 2 is 2.26 bits per heavy atom. The van der Waals surface area contributed by atoms with Crippen LogP contribution in [0.1, 0.15) is 12.7 Å². The molecule has 0 aliphatic carbocycles. The highest BCUT2D eigenvalue weighted by Gasteiger charge is 2.28. The average molecular weight is 347 g/mol. The normalized spacial score (nSPS) is 14.4. The summed E-state index contributed by atoms with van der Waals surface area (Å²) in [6.07, 6.45) is 0. The Bertz CT molecular complexity index is 586. The average Bonchev–Trinajstić information content (AvgIpc) is 2.82. The van der Waals surface area contributed by atoms with Crippen molar-refractivity contribution in [1.29, 1.82) is 0 Å². The molecule has 0 fully saturated rings. The van der Waals surface area contributed by atoms with Crippen molar-refractivity contribution >= 4 is 27.5 Å². The molecule has 0 saturated heterocycles. The van der Waals surface area contributed by atoms with Gasteiger partial charge in [-0.3, -0.25) is 0 Å². The van der Waals surface area contributed by atoms with Crippen LogP contribution >= 0.6 is 27.5 Å². The minimum Gasteiger partial charge on any atom is -0.382 e. The van der Waals surface area contributed by atoms with Gasteiger partial charge in [0.25, 0.3) is 5.89 Å². The van der Waals surface area contributed by atoms with E-state index in [-0.39, 0.29) is 0 Å². The maximum Gasteiger partial charge on any atom is 0.259 e. The Kier molecular flexibility index (Phi) is 4.25. The zero-order chi connectivity index (χ0) is 14.0. The standard InChI is InChI=1S/C12H13BrClN3O2/c1-12(15,6-18-2)11-16-10(19-17-11)8-5-7(14)3-4-9(8)13/h3-5H,6,15H2,1-2H3. The Morgan fingerprint density at radius 3 is 2.95 bits per heavy atom. The van der Waals surface area contributed by atoms with Gasteiger partial charge in [-0.1, -0.05) is 16.8 Å². The van der Waals surface area contributed by atoms with Crippen molar-refractivity contribution in [2.45, 2.75) is 12.5 Å². The largest absolute Gasteiger partial charge is 0.382 e. The first-order valence-corrected chi connectivity index (χ1v) is 6.68. The van der Waals surface area contributed by atoms with Crippen LogP contribution in [0.2, 0.25) is 5.02 Å². The number of rotatable bonds is 4. The summed E-state index contributed by atoms with van der Waals surface area (Å²) in [7, 11) is 1.57. The summed E-state index contributed by atoms with van der Waals surface area (Å²) in [5.41, 5.74) is 5.98. The van der Waals surface area contributed by atoms with Gasteiger partial charge in [0.15, 0.2) is 5.82 Å². The Hall–Kier alpha value is -0.950. The molecule has 0 radical (unpaired) electrons. The lowest BCUT2D eigenvalue weighted by molar-refractivity contribution is 0.135. The molecule has 0 spiro atoms. The molecule has 1 unspecified atom stereocenters. The van der Waals surface area contributed by atoms with E-state index in [2.05, 4.69) is 26.1 Å². The van der Waals surface area contributed by atoms with Crippen LogP contribution in [0.4, 0.5) is 0 Å². The van der Waals surface area contributed by atoms with Crippen molar-refractivity contribution in [3.05, 3.63) is 33.5 Å². The van der Waals surface area contributed by atoms with E-state index in [1.165, 1.54) is 0 Å². The molecule has 2 aromatic rings. The lowest BCUT2D eigenvalue weighted by Gasteiger charge is -2.18. The number of nitrogens with zero attached hydrogens (tertiary/aromatic N) is 2. The molecule has 0 aliphatic rings. The molecule has 1 atom stereocenters. The van der Waals surface area contributed by atoms with Crippen molar-refractivity contribution in [2.75, 3.05) is 13.7 Å². The van der Waals surface area contributed by atoms with Crippen molar-refractivity contribution in [2.24, 2.45) is 5.73 Å². The number of aromatic nitrogens is 2. The number of ether oxygens (including phenoxy) is 1. The highest BCUT2D eigenvalue weighted by Crippen LogP contribution is 2.30. The van der Waals surface area contributed by atoms with Gasteiger partial charge in [-0.2, -0.15) is 4.98 Å². The van der Waals surface area contributed by atoms with E-state index in [1.807, 2.05) is 6.07 Å². The zero-order valence-electron chi connectivity index (χ0n) is 10.5. The molecule has 0 amide bonds. The van der Waals surface area contributed by atoms with E-state index >= 15 is 0 Å². The molecule has 0 aliphatic heterocycles. The molecule has 2 rings (SSSR count). The van der Waals surface area contributed by atoms with Crippen LogP contribution in [0.5, 0.6) is 0 Å². The number of hydrogen-bond donors (Lipinski definition) is 1. The first-order chi connectivity index (χ1) is 8.94. The number of methoxy groups -OCH3 is 1. The second-order valence-corrected chi connectivity index (χ2v) is 5.69. The van der Waals surface area contributed by atoms with Gasteiger partial charge in [-0.05, 0) is 41.1 Å². The summed E-state index contributed by atoms with van der Waals surface area (Å²) in [4.78, 5) is 4.30. The maximum absolute atomic E-state index is 6.06. The van der Waals surface area contributed by atoms with Gasteiger partial charge >= 0.3 is 0 Å². The third-order valence-electron chi connectivity index (χ3n) is 2.54. The Balaban J connectivity index is 2.38. The molecule has 19 heavy (non-hydrogen) atoms. The van der Waals surface area contributed by atoms with Gasteiger partial charge in [0.1, 0.15) is 5.54 Å². The van der Waals surface area contributed by atoms with E-state index in [0.717, 1.165) is 10.0 Å². The molecular formula is C12H13BrClN3O2. The highest BCUT2D eigenvalue weighted by atomic mass is 79.9. The Labute approximate surface area is 124 Å². The quantitative estimate of drug-likeness (QED) is 0.921. The van der Waals surface area contributed by atoms with Gasteiger partial charge < -0.3 is 15.0 Å². The fourth-order valence-electron chi connectivity index (χ4n) is 1.59. The van der Waals surface area contributed by atoms with Gasteiger partial charge in [0.2, 0.25) is 0 Å². The summed E-state index contributed by atoms with van der Waals surface area (Å²) in [5, 5.41) is 4.49. The third kappa shape index (κ3) is 3.14. The minimum atomic E-state index is -0.804.